The highest BCUT2D eigenvalue weighted by molar-refractivity contribution is 6.76. The van der Waals surface area contributed by atoms with Crippen LogP contribution in [0.25, 0.3) is 0 Å². The molecule has 0 aromatic rings. The van der Waals surface area contributed by atoms with Gasteiger partial charge in [-0.15, -0.1) is 0 Å². The second kappa shape index (κ2) is 9.18. The summed E-state index contributed by atoms with van der Waals surface area (Å²) in [5, 5.41) is 0. The summed E-state index contributed by atoms with van der Waals surface area (Å²) in [5.74, 6) is 0. The Morgan fingerprint density at radius 1 is 0.962 bits per heavy atom. The van der Waals surface area contributed by atoms with Gasteiger partial charge in [0.2, 0.25) is 8.32 Å². The highest BCUT2D eigenvalue weighted by atomic mass is 28.4. The molecule has 1 aliphatic rings. The van der Waals surface area contributed by atoms with Crippen LogP contribution in [0, 0.1) is 5.41 Å². The minimum absolute atomic E-state index is 0.115. The number of hydrogen-bond acceptors (Lipinski definition) is 3. The maximum absolute atomic E-state index is 7.08. The topological polar surface area (TPSA) is 27.7 Å². The molecule has 1 rings (SSSR count). The van der Waals surface area contributed by atoms with Crippen LogP contribution in [0.2, 0.25) is 6.04 Å². The van der Waals surface area contributed by atoms with Crippen molar-refractivity contribution in [3.8, 4) is 0 Å². The molecule has 1 aliphatic heterocycles. The van der Waals surface area contributed by atoms with Gasteiger partial charge in [0.05, 0.1) is 30.3 Å². The quantitative estimate of drug-likeness (QED) is 0.344. The molecule has 0 radical (unpaired) electrons. The van der Waals surface area contributed by atoms with Crippen molar-refractivity contribution in [3.63, 3.8) is 0 Å². The molecule has 3 nitrogen and oxygen atoms in total. The van der Waals surface area contributed by atoms with Crippen LogP contribution in [0.3, 0.4) is 0 Å². The van der Waals surface area contributed by atoms with Gasteiger partial charge in [-0.05, 0) is 58.4 Å². The van der Waals surface area contributed by atoms with Gasteiger partial charge in [0.25, 0.3) is 0 Å². The molecule has 0 spiro atoms. The lowest BCUT2D eigenvalue weighted by Crippen LogP contribution is -2.69. The van der Waals surface area contributed by atoms with E-state index in [0.717, 1.165) is 36.5 Å². The molecule has 0 aromatic carbocycles. The third kappa shape index (κ3) is 5.31. The summed E-state index contributed by atoms with van der Waals surface area (Å²) in [6, 6.07) is 1.08. The molecule has 0 N–H and O–H groups in total. The van der Waals surface area contributed by atoms with Gasteiger partial charge >= 0.3 is 0 Å². The van der Waals surface area contributed by atoms with E-state index in [1.807, 2.05) is 13.8 Å². The van der Waals surface area contributed by atoms with Crippen molar-refractivity contribution in [3.05, 3.63) is 24.3 Å². The second-order valence-corrected chi connectivity index (χ2v) is 13.2. The molecule has 0 aromatic heterocycles. The van der Waals surface area contributed by atoms with Crippen LogP contribution in [0.4, 0.5) is 0 Å². The molecule has 4 heteroatoms. The molecule has 0 saturated carbocycles. The van der Waals surface area contributed by atoms with E-state index in [0.29, 0.717) is 13.2 Å². The van der Waals surface area contributed by atoms with E-state index in [2.05, 4.69) is 54.7 Å². The fourth-order valence-electron chi connectivity index (χ4n) is 3.83. The molecule has 0 bridgehead atoms. The van der Waals surface area contributed by atoms with Gasteiger partial charge in [0.1, 0.15) is 0 Å². The molecule has 2 unspecified atom stereocenters. The number of rotatable bonds is 10. The van der Waals surface area contributed by atoms with Crippen LogP contribution < -0.4 is 0 Å². The van der Waals surface area contributed by atoms with Crippen molar-refractivity contribution in [2.45, 2.75) is 97.8 Å². The fourth-order valence-corrected chi connectivity index (χ4v) is 9.61. The summed E-state index contributed by atoms with van der Waals surface area (Å²) >= 11 is 0. The monoisotopic (exact) mass is 382 g/mol. The summed E-state index contributed by atoms with van der Waals surface area (Å²) in [5.41, 5.74) is 2.28. The van der Waals surface area contributed by atoms with Gasteiger partial charge in [0, 0.05) is 0 Å². The fraction of sp³-hybridized carbons (Fsp3) is 0.818. The lowest BCUT2D eigenvalue weighted by Gasteiger charge is -2.57. The van der Waals surface area contributed by atoms with E-state index >= 15 is 0 Å². The average Bonchev–Trinajstić information content (AvgIpc) is 2.51. The summed E-state index contributed by atoms with van der Waals surface area (Å²) in [6.07, 6.45) is 3.04. The van der Waals surface area contributed by atoms with Crippen molar-refractivity contribution in [1.29, 1.82) is 0 Å². The van der Waals surface area contributed by atoms with E-state index in [1.165, 1.54) is 0 Å². The SMILES string of the molecule is C=C(C)COC(CC)[Si]1(C(CC)OCC(=C)C)CCC(C)(C)C(C)(C)O1. The minimum Gasteiger partial charge on any atom is -0.406 e. The molecule has 2 atom stereocenters. The third-order valence-electron chi connectivity index (χ3n) is 6.11. The molecule has 1 fully saturated rings. The maximum Gasteiger partial charge on any atom is 0.250 e. The first-order chi connectivity index (χ1) is 11.9. The normalized spacial score (nSPS) is 26.9. The van der Waals surface area contributed by atoms with Crippen molar-refractivity contribution in [2.75, 3.05) is 13.2 Å². The predicted octanol–water partition coefficient (Wildman–Crippen LogP) is 5.98. The van der Waals surface area contributed by atoms with E-state index < -0.39 is 8.32 Å². The molecular formula is C22H42O3Si. The Morgan fingerprint density at radius 2 is 1.38 bits per heavy atom. The molecule has 0 amide bonds. The highest BCUT2D eigenvalue weighted by Gasteiger charge is 2.59. The van der Waals surface area contributed by atoms with Gasteiger partial charge in [-0.3, -0.25) is 0 Å². The summed E-state index contributed by atoms with van der Waals surface area (Å²) < 4.78 is 19.8. The van der Waals surface area contributed by atoms with Crippen molar-refractivity contribution < 1.29 is 13.9 Å². The molecule has 1 heterocycles. The Morgan fingerprint density at radius 3 is 1.69 bits per heavy atom. The zero-order chi connectivity index (χ0) is 20.2. The first-order valence-corrected chi connectivity index (χ1v) is 12.4. The van der Waals surface area contributed by atoms with Crippen LogP contribution in [0.15, 0.2) is 24.3 Å². The highest BCUT2D eigenvalue weighted by Crippen LogP contribution is 2.49. The second-order valence-electron chi connectivity index (χ2n) is 9.28. The molecule has 0 aliphatic carbocycles. The Labute approximate surface area is 163 Å². The lowest BCUT2D eigenvalue weighted by molar-refractivity contribution is -0.0718. The Hall–Kier alpha value is -0.423. The van der Waals surface area contributed by atoms with E-state index in [1.54, 1.807) is 0 Å². The van der Waals surface area contributed by atoms with Crippen LogP contribution in [0.1, 0.15) is 74.7 Å². The first-order valence-electron chi connectivity index (χ1n) is 10.1. The van der Waals surface area contributed by atoms with Crippen molar-refractivity contribution in [2.24, 2.45) is 5.41 Å². The van der Waals surface area contributed by atoms with Crippen LogP contribution >= 0.6 is 0 Å². The summed E-state index contributed by atoms with van der Waals surface area (Å²) in [6.45, 7) is 26.8. The smallest absolute Gasteiger partial charge is 0.250 e. The van der Waals surface area contributed by atoms with Gasteiger partial charge in [-0.2, -0.15) is 0 Å². The van der Waals surface area contributed by atoms with Gasteiger partial charge in [-0.1, -0.05) is 52.0 Å². The van der Waals surface area contributed by atoms with Gasteiger partial charge in [-0.25, -0.2) is 0 Å². The Kier molecular flexibility index (Phi) is 8.34. The third-order valence-corrected chi connectivity index (χ3v) is 11.4. The molecule has 1 saturated heterocycles. The standard InChI is InChI=1S/C22H42O3Si/c1-11-19(23-15-17(3)4)26(20(12-2)24-16-18(5)6)14-13-21(7,8)22(9,10)25-26/h19-20H,3,5,11-16H2,1-2,4,6-10H3. The molecule has 152 valence electrons. The minimum atomic E-state index is -2.33. The van der Waals surface area contributed by atoms with E-state index in [-0.39, 0.29) is 22.5 Å². The first kappa shape index (κ1) is 23.6. The molecule has 26 heavy (non-hydrogen) atoms. The zero-order valence-electron chi connectivity index (χ0n) is 18.5. The van der Waals surface area contributed by atoms with Crippen molar-refractivity contribution >= 4 is 8.32 Å². The number of ether oxygens (including phenoxy) is 2. The van der Waals surface area contributed by atoms with Crippen LogP contribution in [-0.4, -0.2) is 38.6 Å². The maximum atomic E-state index is 7.08. The predicted molar refractivity (Wildman–Crippen MR) is 114 cm³/mol. The van der Waals surface area contributed by atoms with E-state index in [9.17, 15) is 0 Å². The number of hydrogen-bond donors (Lipinski definition) is 0. The Bertz CT molecular complexity index is 470. The van der Waals surface area contributed by atoms with E-state index in [4.69, 9.17) is 13.9 Å². The zero-order valence-corrected chi connectivity index (χ0v) is 19.5. The van der Waals surface area contributed by atoms with Crippen molar-refractivity contribution in [1.82, 2.24) is 0 Å². The van der Waals surface area contributed by atoms with Gasteiger partial charge < -0.3 is 13.9 Å². The van der Waals surface area contributed by atoms with Crippen LogP contribution in [0.5, 0.6) is 0 Å². The molecular weight excluding hydrogens is 340 g/mol. The Balaban J connectivity index is 3.26. The summed E-state index contributed by atoms with van der Waals surface area (Å²) in [7, 11) is -2.33. The van der Waals surface area contributed by atoms with Gasteiger partial charge in [0.15, 0.2) is 0 Å². The lowest BCUT2D eigenvalue weighted by atomic mass is 9.75. The van der Waals surface area contributed by atoms with Crippen LogP contribution in [-0.2, 0) is 13.9 Å². The largest absolute Gasteiger partial charge is 0.406 e. The average molecular weight is 383 g/mol. The summed E-state index contributed by atoms with van der Waals surface area (Å²) in [4.78, 5) is 0.